The molecule has 0 saturated heterocycles. The lowest BCUT2D eigenvalue weighted by Crippen LogP contribution is -2.28. The monoisotopic (exact) mass is 579 g/mol. The predicted molar refractivity (Wildman–Crippen MR) is 175 cm³/mol. The molecule has 2 aliphatic rings. The van der Waals surface area contributed by atoms with Gasteiger partial charge < -0.3 is 14.2 Å². The van der Waals surface area contributed by atoms with Crippen molar-refractivity contribution in [2.45, 2.75) is 141 Å². The minimum Gasteiger partial charge on any atom is -0.478 e. The van der Waals surface area contributed by atoms with E-state index in [4.69, 9.17) is 14.2 Å². The molecular formula is C36H57NO3Si. The molecule has 0 radical (unpaired) electrons. The number of pyridine rings is 1. The van der Waals surface area contributed by atoms with E-state index in [1.807, 2.05) is 12.3 Å². The van der Waals surface area contributed by atoms with Gasteiger partial charge in [0.15, 0.2) is 11.5 Å². The molecule has 1 aromatic heterocycles. The fraction of sp³-hybridized carbons (Fsp3) is 0.694. The van der Waals surface area contributed by atoms with E-state index in [0.717, 1.165) is 53.0 Å². The number of nitrogens with zero attached hydrogens (tertiary/aromatic N) is 1. The van der Waals surface area contributed by atoms with Gasteiger partial charge in [-0.1, -0.05) is 130 Å². The van der Waals surface area contributed by atoms with Gasteiger partial charge in [-0.15, -0.1) is 0 Å². The van der Waals surface area contributed by atoms with E-state index in [-0.39, 0.29) is 5.91 Å². The van der Waals surface area contributed by atoms with Gasteiger partial charge in [0.05, 0.1) is 6.61 Å². The second-order valence-electron chi connectivity index (χ2n) is 13.1. The number of ether oxygens (including phenoxy) is 3. The minimum absolute atomic E-state index is 0.0400. The van der Waals surface area contributed by atoms with Crippen LogP contribution in [0.5, 0.6) is 17.4 Å². The first-order chi connectivity index (χ1) is 20.1. The fourth-order valence-electron chi connectivity index (χ4n) is 6.06. The van der Waals surface area contributed by atoms with Crippen molar-refractivity contribution in [3.63, 3.8) is 0 Å². The maximum atomic E-state index is 6.28. The summed E-state index contributed by atoms with van der Waals surface area (Å²) in [7, 11) is -0.487. The van der Waals surface area contributed by atoms with Gasteiger partial charge in [-0.2, -0.15) is 0 Å². The van der Waals surface area contributed by atoms with Crippen molar-refractivity contribution in [2.75, 3.05) is 6.61 Å². The van der Waals surface area contributed by atoms with Gasteiger partial charge in [0.1, 0.15) is 9.52 Å². The molecule has 1 aromatic carbocycles. The Labute approximate surface area is 253 Å². The summed E-state index contributed by atoms with van der Waals surface area (Å²) in [6.45, 7) is 7.88. The highest BCUT2D eigenvalue weighted by molar-refractivity contribution is 6.38. The van der Waals surface area contributed by atoms with Crippen molar-refractivity contribution in [2.24, 2.45) is 11.8 Å². The fourth-order valence-corrected chi connectivity index (χ4v) is 7.79. The summed E-state index contributed by atoms with van der Waals surface area (Å²) in [5.74, 6) is 4.39. The minimum atomic E-state index is -0.487. The van der Waals surface area contributed by atoms with Crippen LogP contribution in [0.3, 0.4) is 0 Å². The zero-order valence-corrected chi connectivity index (χ0v) is 27.8. The van der Waals surface area contributed by atoms with E-state index in [2.05, 4.69) is 50.0 Å². The Bertz CT molecular complexity index is 993. The number of hydrogen-bond donors (Lipinski definition) is 0. The summed E-state index contributed by atoms with van der Waals surface area (Å²) in [5, 5.41) is 0. The summed E-state index contributed by atoms with van der Waals surface area (Å²) in [5.41, 5.74) is 2.92. The number of unbranched alkanes of at least 4 members (excludes halogenated alkanes) is 8. The second-order valence-corrected chi connectivity index (χ2v) is 15.7. The molecule has 3 atom stereocenters. The molecule has 1 saturated carbocycles. The lowest BCUT2D eigenvalue weighted by atomic mass is 9.96. The maximum absolute atomic E-state index is 6.28. The molecule has 41 heavy (non-hydrogen) atoms. The van der Waals surface area contributed by atoms with Crippen LogP contribution in [0.1, 0.15) is 130 Å². The highest BCUT2D eigenvalue weighted by Gasteiger charge is 2.26. The van der Waals surface area contributed by atoms with Crippen LogP contribution in [0.4, 0.5) is 0 Å². The molecule has 5 heteroatoms. The van der Waals surface area contributed by atoms with Crippen molar-refractivity contribution in [1.82, 2.24) is 4.98 Å². The number of aromatic nitrogens is 1. The summed E-state index contributed by atoms with van der Waals surface area (Å²) in [6, 6.07) is 10.4. The highest BCUT2D eigenvalue weighted by Crippen LogP contribution is 2.39. The van der Waals surface area contributed by atoms with Crippen molar-refractivity contribution >= 4 is 9.52 Å². The summed E-state index contributed by atoms with van der Waals surface area (Å²) < 4.78 is 18.4. The lowest BCUT2D eigenvalue weighted by molar-refractivity contribution is 0.122. The number of fused-ring (bicyclic) bond motifs is 1. The zero-order chi connectivity index (χ0) is 28.7. The van der Waals surface area contributed by atoms with Crippen molar-refractivity contribution in [1.29, 1.82) is 0 Å². The molecule has 1 fully saturated rings. The normalized spacial score (nSPS) is 17.8. The first-order valence-electron chi connectivity index (χ1n) is 17.2. The van der Waals surface area contributed by atoms with Crippen LogP contribution in [-0.4, -0.2) is 27.0 Å². The van der Waals surface area contributed by atoms with Crippen LogP contribution in [-0.2, 0) is 0 Å². The van der Waals surface area contributed by atoms with Crippen LogP contribution in [0.2, 0.25) is 5.54 Å². The van der Waals surface area contributed by atoms with Gasteiger partial charge in [-0.05, 0) is 47.6 Å². The third-order valence-electron chi connectivity index (χ3n) is 9.02. The molecule has 4 nitrogen and oxygen atoms in total. The van der Waals surface area contributed by atoms with Crippen LogP contribution in [0, 0.1) is 11.8 Å². The van der Waals surface area contributed by atoms with Gasteiger partial charge in [0, 0.05) is 17.8 Å². The number of benzene rings is 1. The van der Waals surface area contributed by atoms with Gasteiger partial charge in [-0.25, -0.2) is 4.98 Å². The van der Waals surface area contributed by atoms with E-state index >= 15 is 0 Å². The van der Waals surface area contributed by atoms with E-state index < -0.39 is 9.52 Å². The van der Waals surface area contributed by atoms with Crippen molar-refractivity contribution < 1.29 is 14.2 Å². The molecule has 0 amide bonds. The smallest absolute Gasteiger partial charge is 0.213 e. The van der Waals surface area contributed by atoms with E-state index in [0.29, 0.717) is 5.88 Å². The second kappa shape index (κ2) is 17.8. The molecule has 0 N–H and O–H groups in total. The van der Waals surface area contributed by atoms with Crippen molar-refractivity contribution in [3.05, 3.63) is 36.5 Å². The SMILES string of the molecule is CCCCCC(C)CCCCCCC(C)[SiH2]C1Oc2ccc(-c3ccc(OCCCCCCC4CC4)nc3)cc2O1. The van der Waals surface area contributed by atoms with Gasteiger partial charge in [0.25, 0.3) is 0 Å². The topological polar surface area (TPSA) is 40.6 Å². The van der Waals surface area contributed by atoms with E-state index in [1.165, 1.54) is 103 Å². The quantitative estimate of drug-likeness (QED) is 0.103. The molecule has 1 aliphatic carbocycles. The Morgan fingerprint density at radius 3 is 2.27 bits per heavy atom. The largest absolute Gasteiger partial charge is 0.478 e. The summed E-state index contributed by atoms with van der Waals surface area (Å²) >= 11 is 0. The Kier molecular flexibility index (Phi) is 13.9. The first-order valence-corrected chi connectivity index (χ1v) is 18.8. The van der Waals surface area contributed by atoms with Crippen LogP contribution in [0.25, 0.3) is 11.1 Å². The molecule has 228 valence electrons. The molecule has 4 rings (SSSR count). The Hall–Kier alpha value is -2.01. The Morgan fingerprint density at radius 2 is 1.51 bits per heavy atom. The average molecular weight is 580 g/mol. The van der Waals surface area contributed by atoms with Crippen molar-refractivity contribution in [3.8, 4) is 28.5 Å². The summed E-state index contributed by atoms with van der Waals surface area (Å²) in [6.07, 6.45) is 25.1. The molecule has 0 bridgehead atoms. The third kappa shape index (κ3) is 12.0. The zero-order valence-electron chi connectivity index (χ0n) is 26.4. The number of hydrogen-bond acceptors (Lipinski definition) is 4. The number of rotatable bonds is 22. The predicted octanol–water partition coefficient (Wildman–Crippen LogP) is 10.1. The molecule has 0 spiro atoms. The molecule has 1 aliphatic heterocycles. The van der Waals surface area contributed by atoms with Crippen LogP contribution in [0.15, 0.2) is 36.5 Å². The van der Waals surface area contributed by atoms with E-state index in [1.54, 1.807) is 0 Å². The molecule has 2 aromatic rings. The van der Waals surface area contributed by atoms with Gasteiger partial charge >= 0.3 is 0 Å². The maximum Gasteiger partial charge on any atom is 0.213 e. The van der Waals surface area contributed by atoms with Crippen LogP contribution < -0.4 is 14.2 Å². The molecule has 3 unspecified atom stereocenters. The highest BCUT2D eigenvalue weighted by atomic mass is 28.2. The molecule has 2 heterocycles. The Morgan fingerprint density at radius 1 is 0.805 bits per heavy atom. The van der Waals surface area contributed by atoms with E-state index in [9.17, 15) is 0 Å². The lowest BCUT2D eigenvalue weighted by Gasteiger charge is -2.15. The van der Waals surface area contributed by atoms with Gasteiger partial charge in [0.2, 0.25) is 11.8 Å². The average Bonchev–Trinajstić information content (AvgIpc) is 3.72. The molecular weight excluding hydrogens is 522 g/mol. The summed E-state index contributed by atoms with van der Waals surface area (Å²) in [4.78, 5) is 4.55. The third-order valence-corrected chi connectivity index (χ3v) is 11.0. The van der Waals surface area contributed by atoms with Gasteiger partial charge in [-0.3, -0.25) is 0 Å². The first kappa shape index (κ1) is 31.9. The standard InChI is InChI=1S/C36H57NO3Si/c1-4-5-10-15-28(2)16-11-6-7-12-17-29(3)41-36-39-33-23-21-31(26-34(33)40-36)32-22-24-35(37-27-32)38-25-14-9-8-13-18-30-19-20-30/h21-24,26-30,36H,4-20,25,41H2,1-3H3. The Balaban J connectivity index is 1.09. The van der Waals surface area contributed by atoms with Crippen LogP contribution >= 0.6 is 0 Å².